The molecule has 6 nitrogen and oxygen atoms in total. The fourth-order valence-electron chi connectivity index (χ4n) is 2.63. The van der Waals surface area contributed by atoms with Crippen molar-refractivity contribution in [2.45, 2.75) is 46.2 Å². The fraction of sp³-hybridized carbons (Fsp3) is 0.450. The van der Waals surface area contributed by atoms with Gasteiger partial charge in [-0.1, -0.05) is 37.6 Å². The van der Waals surface area contributed by atoms with Gasteiger partial charge in [-0.15, -0.1) is 0 Å². The molecule has 1 unspecified atom stereocenters. The van der Waals surface area contributed by atoms with E-state index >= 15 is 0 Å². The zero-order chi connectivity index (χ0) is 20.2. The third-order valence-electron chi connectivity index (χ3n) is 4.20. The zero-order valence-electron chi connectivity index (χ0n) is 16.5. The van der Waals surface area contributed by atoms with Crippen molar-refractivity contribution in [1.29, 1.82) is 0 Å². The number of hydrogen-bond donors (Lipinski definition) is 2. The Morgan fingerprint density at radius 2 is 2.04 bits per heavy atom. The Bertz CT molecular complexity index is 700. The lowest BCUT2D eigenvalue weighted by molar-refractivity contribution is -0.125. The standard InChI is InChI=1S/C13H17ClN2O.C5H6N2O.C2H6/c1-16-8-2-3-12(16)13(17)15-9-10-4-6-11(14)7-5-10;1-4-5(3-8)2-6-7-4;1-2/h4-7,12H,2-3,8-9H2,1H3,(H,15,17);2-3H,1H3,(H,6,7);1-2H3. The molecule has 2 heterocycles. The normalized spacial score (nSPS) is 15.8. The van der Waals surface area contributed by atoms with Gasteiger partial charge in [0.25, 0.3) is 0 Å². The highest BCUT2D eigenvalue weighted by Gasteiger charge is 2.27. The van der Waals surface area contributed by atoms with Gasteiger partial charge in [-0.05, 0) is 51.1 Å². The predicted molar refractivity (Wildman–Crippen MR) is 109 cm³/mol. The number of likely N-dealkylation sites (tertiary alicyclic amines) is 1. The van der Waals surface area contributed by atoms with E-state index in [0.717, 1.165) is 42.0 Å². The van der Waals surface area contributed by atoms with Gasteiger partial charge in [0, 0.05) is 17.3 Å². The van der Waals surface area contributed by atoms with E-state index in [1.807, 2.05) is 45.2 Å². The van der Waals surface area contributed by atoms with Gasteiger partial charge < -0.3 is 5.32 Å². The van der Waals surface area contributed by atoms with Crippen LogP contribution in [0.4, 0.5) is 0 Å². The highest BCUT2D eigenvalue weighted by molar-refractivity contribution is 6.30. The first-order valence-electron chi connectivity index (χ1n) is 9.19. The summed E-state index contributed by atoms with van der Waals surface area (Å²) < 4.78 is 0. The van der Waals surface area contributed by atoms with E-state index in [-0.39, 0.29) is 11.9 Å². The molecule has 1 atom stereocenters. The number of carbonyl (C=O) groups is 2. The molecule has 0 saturated carbocycles. The molecule has 148 valence electrons. The number of H-pyrrole nitrogens is 1. The van der Waals surface area contributed by atoms with Crippen molar-refractivity contribution in [2.24, 2.45) is 0 Å². The van der Waals surface area contributed by atoms with E-state index in [1.165, 1.54) is 6.20 Å². The van der Waals surface area contributed by atoms with Crippen LogP contribution in [0.15, 0.2) is 30.5 Å². The summed E-state index contributed by atoms with van der Waals surface area (Å²) in [6.07, 6.45) is 4.35. The molecule has 7 heteroatoms. The Labute approximate surface area is 166 Å². The zero-order valence-corrected chi connectivity index (χ0v) is 17.2. The van der Waals surface area contributed by atoms with Crippen LogP contribution < -0.4 is 5.32 Å². The summed E-state index contributed by atoms with van der Waals surface area (Å²) in [5, 5.41) is 9.96. The predicted octanol–water partition coefficient (Wildman–Crippen LogP) is 3.61. The van der Waals surface area contributed by atoms with Crippen LogP contribution in [0.25, 0.3) is 0 Å². The number of aryl methyl sites for hydroxylation is 1. The van der Waals surface area contributed by atoms with Gasteiger partial charge >= 0.3 is 0 Å². The van der Waals surface area contributed by atoms with Crippen LogP contribution in [0.5, 0.6) is 0 Å². The SMILES string of the molecule is CC.CN1CCCC1C(=O)NCc1ccc(Cl)cc1.Cc1[nH]ncc1C=O. The van der Waals surface area contributed by atoms with Crippen molar-refractivity contribution < 1.29 is 9.59 Å². The lowest BCUT2D eigenvalue weighted by atomic mass is 10.2. The maximum Gasteiger partial charge on any atom is 0.237 e. The first-order chi connectivity index (χ1) is 13.0. The summed E-state index contributed by atoms with van der Waals surface area (Å²) in [6, 6.07) is 7.58. The Kier molecular flexibility index (Phi) is 10.4. The van der Waals surface area contributed by atoms with Crippen LogP contribution in [0.1, 0.15) is 48.3 Å². The van der Waals surface area contributed by atoms with Crippen molar-refractivity contribution in [3.8, 4) is 0 Å². The number of amides is 1. The maximum absolute atomic E-state index is 11.9. The van der Waals surface area contributed by atoms with Gasteiger partial charge in [-0.25, -0.2) is 0 Å². The average Bonchev–Trinajstić information content (AvgIpc) is 3.31. The van der Waals surface area contributed by atoms with Crippen molar-refractivity contribution in [2.75, 3.05) is 13.6 Å². The molecule has 1 aliphatic rings. The lowest BCUT2D eigenvalue weighted by Crippen LogP contribution is -2.41. The molecule has 0 radical (unpaired) electrons. The van der Waals surface area contributed by atoms with Crippen molar-refractivity contribution in [3.63, 3.8) is 0 Å². The smallest absolute Gasteiger partial charge is 0.237 e. The minimum atomic E-state index is 0.0438. The number of nitrogens with zero attached hydrogens (tertiary/aromatic N) is 2. The van der Waals surface area contributed by atoms with E-state index < -0.39 is 0 Å². The van der Waals surface area contributed by atoms with Crippen LogP contribution in [0.2, 0.25) is 5.02 Å². The summed E-state index contributed by atoms with van der Waals surface area (Å²) in [7, 11) is 2.00. The largest absolute Gasteiger partial charge is 0.351 e. The van der Waals surface area contributed by atoms with Crippen molar-refractivity contribution >= 4 is 23.8 Å². The Morgan fingerprint density at radius 1 is 1.37 bits per heavy atom. The molecule has 3 rings (SSSR count). The summed E-state index contributed by atoms with van der Waals surface area (Å²) in [5.74, 6) is 0.125. The van der Waals surface area contributed by atoms with E-state index in [0.29, 0.717) is 12.1 Å². The number of halogens is 1. The summed E-state index contributed by atoms with van der Waals surface area (Å²) in [5.41, 5.74) is 2.52. The minimum Gasteiger partial charge on any atom is -0.351 e. The average molecular weight is 393 g/mol. The summed E-state index contributed by atoms with van der Waals surface area (Å²) in [4.78, 5) is 24.1. The first kappa shape index (κ1) is 22.9. The van der Waals surface area contributed by atoms with Crippen LogP contribution in [-0.4, -0.2) is 46.9 Å². The van der Waals surface area contributed by atoms with Crippen LogP contribution in [0.3, 0.4) is 0 Å². The van der Waals surface area contributed by atoms with Gasteiger partial charge in [0.05, 0.1) is 17.8 Å². The van der Waals surface area contributed by atoms with Gasteiger partial charge in [0.2, 0.25) is 5.91 Å². The van der Waals surface area contributed by atoms with Gasteiger partial charge in [-0.2, -0.15) is 5.10 Å². The highest BCUT2D eigenvalue weighted by atomic mass is 35.5. The number of aromatic nitrogens is 2. The number of aromatic amines is 1. The number of benzene rings is 1. The molecular formula is C20H29ClN4O2. The van der Waals surface area contributed by atoms with Gasteiger partial charge in [0.1, 0.15) is 0 Å². The second kappa shape index (κ2) is 12.3. The second-order valence-electron chi connectivity index (χ2n) is 6.05. The topological polar surface area (TPSA) is 78.1 Å². The number of rotatable bonds is 4. The second-order valence-corrected chi connectivity index (χ2v) is 6.49. The molecule has 1 aliphatic heterocycles. The van der Waals surface area contributed by atoms with E-state index in [4.69, 9.17) is 11.6 Å². The Balaban J connectivity index is 0.000000305. The fourth-order valence-corrected chi connectivity index (χ4v) is 2.76. The molecule has 1 fully saturated rings. The molecule has 27 heavy (non-hydrogen) atoms. The number of aldehydes is 1. The lowest BCUT2D eigenvalue weighted by Gasteiger charge is -2.18. The highest BCUT2D eigenvalue weighted by Crippen LogP contribution is 2.15. The monoisotopic (exact) mass is 392 g/mol. The number of hydrogen-bond acceptors (Lipinski definition) is 4. The Hall–Kier alpha value is -2.18. The van der Waals surface area contributed by atoms with Crippen molar-refractivity contribution in [1.82, 2.24) is 20.4 Å². The minimum absolute atomic E-state index is 0.0438. The third kappa shape index (κ3) is 7.53. The molecule has 1 aromatic heterocycles. The number of likely N-dealkylation sites (N-methyl/N-ethyl adjacent to an activating group) is 1. The van der Waals surface area contributed by atoms with E-state index in [9.17, 15) is 9.59 Å². The molecule has 1 aromatic carbocycles. The number of nitrogens with one attached hydrogen (secondary N) is 2. The molecule has 0 aliphatic carbocycles. The molecule has 0 spiro atoms. The van der Waals surface area contributed by atoms with Crippen LogP contribution >= 0.6 is 11.6 Å². The van der Waals surface area contributed by atoms with Crippen molar-refractivity contribution in [3.05, 3.63) is 52.3 Å². The van der Waals surface area contributed by atoms with Crippen LogP contribution in [-0.2, 0) is 11.3 Å². The molecular weight excluding hydrogens is 364 g/mol. The molecule has 1 saturated heterocycles. The van der Waals surface area contributed by atoms with E-state index in [1.54, 1.807) is 6.92 Å². The third-order valence-corrected chi connectivity index (χ3v) is 4.45. The quantitative estimate of drug-likeness (QED) is 0.779. The summed E-state index contributed by atoms with van der Waals surface area (Å²) in [6.45, 7) is 7.39. The van der Waals surface area contributed by atoms with Crippen LogP contribution in [0, 0.1) is 6.92 Å². The van der Waals surface area contributed by atoms with E-state index in [2.05, 4.69) is 20.4 Å². The van der Waals surface area contributed by atoms with Gasteiger partial charge in [-0.3, -0.25) is 19.6 Å². The maximum atomic E-state index is 11.9. The Morgan fingerprint density at radius 3 is 2.48 bits per heavy atom. The molecule has 2 aromatic rings. The van der Waals surface area contributed by atoms with Gasteiger partial charge in [0.15, 0.2) is 6.29 Å². The molecule has 1 amide bonds. The summed E-state index contributed by atoms with van der Waals surface area (Å²) >= 11 is 5.80. The number of carbonyl (C=O) groups excluding carboxylic acids is 2. The molecule has 2 N–H and O–H groups in total. The molecule has 0 bridgehead atoms. The first-order valence-corrected chi connectivity index (χ1v) is 9.56.